The number of thioether (sulfide) groups is 1. The Bertz CT molecular complexity index is 655. The number of benzene rings is 1. The van der Waals surface area contributed by atoms with Gasteiger partial charge in [-0.2, -0.15) is 0 Å². The number of nitrogens with zero attached hydrogens (tertiary/aromatic N) is 1. The SMILES string of the molecule is COc1ccc(Oc2ccc(NC(=O)C3CSCN3)cn2)cc1. The zero-order valence-electron chi connectivity index (χ0n) is 12.6. The van der Waals surface area contributed by atoms with Gasteiger partial charge in [0.1, 0.15) is 11.5 Å². The fourth-order valence-corrected chi connectivity index (χ4v) is 3.01. The third-order valence-electron chi connectivity index (χ3n) is 3.32. The molecule has 1 atom stereocenters. The first kappa shape index (κ1) is 15.6. The third kappa shape index (κ3) is 4.14. The lowest BCUT2D eigenvalue weighted by Gasteiger charge is -2.11. The molecule has 7 heteroatoms. The molecule has 1 saturated heterocycles. The minimum absolute atomic E-state index is 0.0411. The number of aromatic nitrogens is 1. The fraction of sp³-hybridized carbons (Fsp3) is 0.250. The minimum atomic E-state index is -0.143. The van der Waals surface area contributed by atoms with E-state index >= 15 is 0 Å². The van der Waals surface area contributed by atoms with Gasteiger partial charge in [0.25, 0.3) is 0 Å². The van der Waals surface area contributed by atoms with Crippen LogP contribution in [0.4, 0.5) is 5.69 Å². The number of hydrogen-bond acceptors (Lipinski definition) is 6. The Balaban J connectivity index is 1.58. The number of rotatable bonds is 5. The molecule has 1 aliphatic heterocycles. The van der Waals surface area contributed by atoms with Crippen LogP contribution < -0.4 is 20.1 Å². The van der Waals surface area contributed by atoms with E-state index in [1.165, 1.54) is 0 Å². The first-order valence-electron chi connectivity index (χ1n) is 7.14. The van der Waals surface area contributed by atoms with Crippen molar-refractivity contribution in [3.8, 4) is 17.4 Å². The lowest BCUT2D eigenvalue weighted by Crippen LogP contribution is -2.37. The van der Waals surface area contributed by atoms with Crippen LogP contribution in [0.1, 0.15) is 0 Å². The zero-order valence-corrected chi connectivity index (χ0v) is 13.4. The number of amides is 1. The number of hydrogen-bond donors (Lipinski definition) is 2. The molecule has 1 unspecified atom stereocenters. The first-order chi connectivity index (χ1) is 11.2. The van der Waals surface area contributed by atoms with E-state index in [0.717, 1.165) is 17.4 Å². The van der Waals surface area contributed by atoms with Crippen LogP contribution in [0.25, 0.3) is 0 Å². The first-order valence-corrected chi connectivity index (χ1v) is 8.30. The molecular weight excluding hydrogens is 314 g/mol. The van der Waals surface area contributed by atoms with E-state index in [1.54, 1.807) is 49.3 Å². The highest BCUT2D eigenvalue weighted by molar-refractivity contribution is 7.99. The van der Waals surface area contributed by atoms with Gasteiger partial charge in [0.2, 0.25) is 11.8 Å². The minimum Gasteiger partial charge on any atom is -0.497 e. The third-order valence-corrected chi connectivity index (χ3v) is 4.26. The van der Waals surface area contributed by atoms with Crippen LogP contribution in [0.15, 0.2) is 42.6 Å². The Labute approximate surface area is 138 Å². The van der Waals surface area contributed by atoms with E-state index in [-0.39, 0.29) is 11.9 Å². The van der Waals surface area contributed by atoms with Gasteiger partial charge in [-0.3, -0.25) is 10.1 Å². The summed E-state index contributed by atoms with van der Waals surface area (Å²) in [5.74, 6) is 3.45. The van der Waals surface area contributed by atoms with Gasteiger partial charge < -0.3 is 14.8 Å². The number of carbonyl (C=O) groups excluding carboxylic acids is 1. The zero-order chi connectivity index (χ0) is 16.1. The summed E-state index contributed by atoms with van der Waals surface area (Å²) in [5.41, 5.74) is 0.649. The molecule has 1 amide bonds. The number of carbonyl (C=O) groups is 1. The number of nitrogens with one attached hydrogen (secondary N) is 2. The van der Waals surface area contributed by atoms with Crippen molar-refractivity contribution in [2.75, 3.05) is 24.1 Å². The molecule has 0 radical (unpaired) electrons. The van der Waals surface area contributed by atoms with Gasteiger partial charge in [-0.15, -0.1) is 11.8 Å². The maximum absolute atomic E-state index is 12.0. The Kier molecular flexibility index (Phi) is 4.99. The van der Waals surface area contributed by atoms with Crippen molar-refractivity contribution < 1.29 is 14.3 Å². The second kappa shape index (κ2) is 7.34. The summed E-state index contributed by atoms with van der Waals surface area (Å²) < 4.78 is 10.7. The van der Waals surface area contributed by atoms with Gasteiger partial charge in [-0.1, -0.05) is 0 Å². The molecule has 1 aliphatic rings. The van der Waals surface area contributed by atoms with Gasteiger partial charge >= 0.3 is 0 Å². The fourth-order valence-electron chi connectivity index (χ4n) is 2.07. The van der Waals surface area contributed by atoms with Gasteiger partial charge in [0.05, 0.1) is 25.0 Å². The Hall–Kier alpha value is -2.25. The van der Waals surface area contributed by atoms with Crippen LogP contribution in [0.2, 0.25) is 0 Å². The molecule has 0 bridgehead atoms. The summed E-state index contributed by atoms with van der Waals surface area (Å²) in [6, 6.07) is 10.6. The maximum Gasteiger partial charge on any atom is 0.242 e. The quantitative estimate of drug-likeness (QED) is 0.877. The van der Waals surface area contributed by atoms with Gasteiger partial charge in [0.15, 0.2) is 0 Å². The summed E-state index contributed by atoms with van der Waals surface area (Å²) in [5, 5.41) is 5.97. The number of methoxy groups -OCH3 is 1. The lowest BCUT2D eigenvalue weighted by atomic mass is 10.3. The van der Waals surface area contributed by atoms with Gasteiger partial charge in [0, 0.05) is 17.7 Å². The van der Waals surface area contributed by atoms with Crippen molar-refractivity contribution in [1.29, 1.82) is 0 Å². The summed E-state index contributed by atoms with van der Waals surface area (Å²) in [4.78, 5) is 16.2. The molecule has 0 saturated carbocycles. The standard InChI is InChI=1S/C16H17N3O3S/c1-21-12-3-5-13(6-4-12)22-15-7-2-11(8-17-15)19-16(20)14-9-23-10-18-14/h2-8,14,18H,9-10H2,1H3,(H,19,20). The van der Waals surface area contributed by atoms with Crippen LogP contribution in [-0.4, -0.2) is 35.7 Å². The normalized spacial score (nSPS) is 16.8. The van der Waals surface area contributed by atoms with E-state index in [9.17, 15) is 4.79 Å². The second-order valence-electron chi connectivity index (χ2n) is 4.92. The van der Waals surface area contributed by atoms with E-state index in [1.807, 2.05) is 12.1 Å². The molecule has 3 rings (SSSR count). The van der Waals surface area contributed by atoms with Gasteiger partial charge in [-0.05, 0) is 30.3 Å². The summed E-state index contributed by atoms with van der Waals surface area (Å²) in [7, 11) is 1.62. The van der Waals surface area contributed by atoms with Crippen LogP contribution in [0, 0.1) is 0 Å². The van der Waals surface area contributed by atoms with E-state index in [0.29, 0.717) is 17.3 Å². The smallest absolute Gasteiger partial charge is 0.242 e. The van der Waals surface area contributed by atoms with Crippen molar-refractivity contribution in [2.45, 2.75) is 6.04 Å². The topological polar surface area (TPSA) is 72.5 Å². The van der Waals surface area contributed by atoms with E-state index in [4.69, 9.17) is 9.47 Å². The highest BCUT2D eigenvalue weighted by Crippen LogP contribution is 2.23. The molecule has 23 heavy (non-hydrogen) atoms. The Morgan fingerprint density at radius 3 is 2.65 bits per heavy atom. The largest absolute Gasteiger partial charge is 0.497 e. The maximum atomic E-state index is 12.0. The molecule has 1 fully saturated rings. The molecule has 2 N–H and O–H groups in total. The van der Waals surface area contributed by atoms with Crippen molar-refractivity contribution in [3.63, 3.8) is 0 Å². The van der Waals surface area contributed by atoms with Crippen molar-refractivity contribution in [2.24, 2.45) is 0 Å². The van der Waals surface area contributed by atoms with Gasteiger partial charge in [-0.25, -0.2) is 4.98 Å². The molecule has 0 aliphatic carbocycles. The van der Waals surface area contributed by atoms with Crippen LogP contribution in [0.3, 0.4) is 0 Å². The molecule has 2 heterocycles. The molecule has 1 aromatic carbocycles. The molecular formula is C16H17N3O3S. The average molecular weight is 331 g/mol. The number of pyridine rings is 1. The molecule has 1 aromatic heterocycles. The van der Waals surface area contributed by atoms with Crippen LogP contribution in [-0.2, 0) is 4.79 Å². The summed E-state index contributed by atoms with van der Waals surface area (Å²) in [6.07, 6.45) is 1.58. The highest BCUT2D eigenvalue weighted by Gasteiger charge is 2.22. The van der Waals surface area contributed by atoms with E-state index < -0.39 is 0 Å². The highest BCUT2D eigenvalue weighted by atomic mass is 32.2. The average Bonchev–Trinajstić information content (AvgIpc) is 3.12. The molecule has 2 aromatic rings. The number of anilines is 1. The van der Waals surface area contributed by atoms with Crippen molar-refractivity contribution >= 4 is 23.4 Å². The lowest BCUT2D eigenvalue weighted by molar-refractivity contribution is -0.117. The monoisotopic (exact) mass is 331 g/mol. The summed E-state index contributed by atoms with van der Waals surface area (Å²) >= 11 is 1.71. The molecule has 6 nitrogen and oxygen atoms in total. The molecule has 120 valence electrons. The predicted octanol–water partition coefficient (Wildman–Crippen LogP) is 2.48. The predicted molar refractivity (Wildman–Crippen MR) is 90.2 cm³/mol. The van der Waals surface area contributed by atoms with Crippen LogP contribution in [0.5, 0.6) is 17.4 Å². The Morgan fingerprint density at radius 2 is 2.04 bits per heavy atom. The number of ether oxygens (including phenoxy) is 2. The van der Waals surface area contributed by atoms with Crippen molar-refractivity contribution in [3.05, 3.63) is 42.6 Å². The second-order valence-corrected chi connectivity index (χ2v) is 5.95. The van der Waals surface area contributed by atoms with Crippen molar-refractivity contribution in [1.82, 2.24) is 10.3 Å². The molecule has 0 spiro atoms. The Morgan fingerprint density at radius 1 is 1.26 bits per heavy atom. The van der Waals surface area contributed by atoms with E-state index in [2.05, 4.69) is 15.6 Å². The summed E-state index contributed by atoms with van der Waals surface area (Å²) in [6.45, 7) is 0. The van der Waals surface area contributed by atoms with Crippen LogP contribution >= 0.6 is 11.8 Å².